The number of rotatable bonds is 11. The number of nitrogens with zero attached hydrogens (tertiary/aromatic N) is 3. The minimum absolute atomic E-state index is 0.0378. The van der Waals surface area contributed by atoms with Gasteiger partial charge in [-0.05, 0) is 105 Å². The number of amides is 3. The fourth-order valence-corrected chi connectivity index (χ4v) is 8.49. The predicted molar refractivity (Wildman–Crippen MR) is 220 cm³/mol. The van der Waals surface area contributed by atoms with Crippen molar-refractivity contribution in [2.45, 2.75) is 104 Å². The number of allylic oxidation sites excluding steroid dienone is 1. The van der Waals surface area contributed by atoms with E-state index in [-0.39, 0.29) is 18.5 Å². The zero-order valence-corrected chi connectivity index (χ0v) is 34.0. The van der Waals surface area contributed by atoms with E-state index in [1.807, 2.05) is 63.1 Å². The number of urea groups is 1. The van der Waals surface area contributed by atoms with Crippen LogP contribution in [0.2, 0.25) is 0 Å². The normalized spacial score (nSPS) is 24.0. The van der Waals surface area contributed by atoms with Crippen molar-refractivity contribution >= 4 is 28.9 Å². The van der Waals surface area contributed by atoms with E-state index in [1.165, 1.54) is 38.9 Å². The van der Waals surface area contributed by atoms with Crippen molar-refractivity contribution in [3.63, 3.8) is 0 Å². The highest BCUT2D eigenvalue weighted by molar-refractivity contribution is 5.88. The molecule has 0 bridgehead atoms. The molecule has 6 N–H and O–H groups in total. The van der Waals surface area contributed by atoms with E-state index < -0.39 is 37.3 Å². The first kappa shape index (κ1) is 43.3. The molecule has 3 amide bonds. The second kappa shape index (κ2) is 20.1. The Bertz CT molecular complexity index is 1750. The van der Waals surface area contributed by atoms with E-state index in [2.05, 4.69) is 52.8 Å². The summed E-state index contributed by atoms with van der Waals surface area (Å²) >= 11 is 0. The second-order valence-corrected chi connectivity index (χ2v) is 16.4. The second-order valence-electron chi connectivity index (χ2n) is 16.4. The van der Waals surface area contributed by atoms with E-state index in [0.717, 1.165) is 59.1 Å². The third-order valence-electron chi connectivity index (χ3n) is 11.5. The van der Waals surface area contributed by atoms with Gasteiger partial charge in [0.25, 0.3) is 0 Å². The van der Waals surface area contributed by atoms with Gasteiger partial charge in [-0.25, -0.2) is 4.79 Å². The number of likely N-dealkylation sites (tertiary alicyclic amines) is 2. The van der Waals surface area contributed by atoms with Gasteiger partial charge in [-0.2, -0.15) is 0 Å². The van der Waals surface area contributed by atoms with E-state index in [4.69, 9.17) is 4.74 Å². The summed E-state index contributed by atoms with van der Waals surface area (Å²) in [5.41, 5.74) is 5.75. The number of carbonyl (C=O) groups is 2. The van der Waals surface area contributed by atoms with Gasteiger partial charge < -0.3 is 50.2 Å². The van der Waals surface area contributed by atoms with E-state index in [9.17, 15) is 30.0 Å². The van der Waals surface area contributed by atoms with Gasteiger partial charge in [0.05, 0.1) is 18.7 Å². The van der Waals surface area contributed by atoms with Gasteiger partial charge in [-0.15, -0.1) is 0 Å². The maximum absolute atomic E-state index is 12.4. The number of carbonyl (C=O) groups excluding carboxylic acids is 2. The van der Waals surface area contributed by atoms with E-state index in [1.54, 1.807) is 4.57 Å². The lowest BCUT2D eigenvalue weighted by atomic mass is 9.72. The zero-order chi connectivity index (χ0) is 40.4. The van der Waals surface area contributed by atoms with Crippen molar-refractivity contribution in [3.8, 4) is 0 Å². The number of aryl methyl sites for hydroxylation is 1. The number of piperidine rings is 2. The number of hydrogen-bond acceptors (Lipinski definition) is 8. The molecule has 1 aromatic heterocycles. The minimum atomic E-state index is -1.42. The number of hydrogen-bond donors (Lipinski definition) is 6. The molecule has 0 radical (unpaired) electrons. The summed E-state index contributed by atoms with van der Waals surface area (Å²) in [5, 5.41) is 47.1. The third-order valence-corrected chi connectivity index (χ3v) is 11.5. The molecule has 3 aromatic rings. The lowest BCUT2D eigenvalue weighted by molar-refractivity contribution is -0.250. The number of aliphatic hydroxyl groups excluding tert-OH is 4. The first-order valence-corrected chi connectivity index (χ1v) is 20.5. The van der Waals surface area contributed by atoms with E-state index >= 15 is 0 Å². The molecule has 5 atom stereocenters. The molecule has 2 aromatic carbocycles. The number of aliphatic hydroxyl groups is 4. The molecule has 0 saturated carbocycles. The summed E-state index contributed by atoms with van der Waals surface area (Å²) in [6.07, 6.45) is 6.67. The molecule has 0 aliphatic carbocycles. The van der Waals surface area contributed by atoms with Gasteiger partial charge in [-0.3, -0.25) is 4.79 Å². The maximum Gasteiger partial charge on any atom is 0.315 e. The fraction of sp³-hybridized carbons (Fsp3) is 0.591. The Morgan fingerprint density at radius 3 is 2.38 bits per heavy atom. The van der Waals surface area contributed by atoms with Crippen LogP contribution >= 0.6 is 0 Å². The van der Waals surface area contributed by atoms with Crippen molar-refractivity contribution in [2.24, 2.45) is 11.3 Å². The zero-order valence-electron chi connectivity index (χ0n) is 34.0. The largest absolute Gasteiger partial charge is 0.394 e. The van der Waals surface area contributed by atoms with Crippen molar-refractivity contribution < 1.29 is 34.8 Å². The molecular weight excluding hydrogens is 711 g/mol. The van der Waals surface area contributed by atoms with Crippen molar-refractivity contribution in [3.05, 3.63) is 77.0 Å². The summed E-state index contributed by atoms with van der Waals surface area (Å²) in [6.45, 7) is 15.9. The van der Waals surface area contributed by atoms with Crippen LogP contribution in [0.4, 0.5) is 4.79 Å². The number of aromatic nitrogens is 1. The van der Waals surface area contributed by atoms with Crippen LogP contribution in [0, 0.1) is 18.3 Å². The monoisotopic (exact) mass is 775 g/mol. The van der Waals surface area contributed by atoms with Gasteiger partial charge in [0, 0.05) is 37.8 Å². The molecule has 12 nitrogen and oxygen atoms in total. The summed E-state index contributed by atoms with van der Waals surface area (Å²) in [4.78, 5) is 28.5. The first-order valence-electron chi connectivity index (χ1n) is 20.5. The Morgan fingerprint density at radius 2 is 1.71 bits per heavy atom. The van der Waals surface area contributed by atoms with Gasteiger partial charge in [0.15, 0.2) is 6.23 Å². The Balaban J connectivity index is 0.000000220. The van der Waals surface area contributed by atoms with Crippen LogP contribution in [0.3, 0.4) is 0 Å². The van der Waals surface area contributed by atoms with Crippen LogP contribution in [0.1, 0.15) is 88.3 Å². The van der Waals surface area contributed by atoms with Crippen molar-refractivity contribution in [2.75, 3.05) is 52.4 Å². The molecule has 12 heteroatoms. The third kappa shape index (κ3) is 10.8. The quantitative estimate of drug-likeness (QED) is 0.165. The molecule has 3 aliphatic heterocycles. The van der Waals surface area contributed by atoms with Crippen LogP contribution in [0.5, 0.6) is 0 Å². The van der Waals surface area contributed by atoms with Crippen LogP contribution in [0.25, 0.3) is 17.0 Å². The number of nitrogens with one attached hydrogen (secondary N) is 2. The van der Waals surface area contributed by atoms with Gasteiger partial charge in [-0.1, -0.05) is 69.3 Å². The molecule has 56 heavy (non-hydrogen) atoms. The molecule has 3 saturated heterocycles. The van der Waals surface area contributed by atoms with Gasteiger partial charge in [0.1, 0.15) is 24.4 Å². The fourth-order valence-electron chi connectivity index (χ4n) is 8.49. The molecule has 3 fully saturated rings. The summed E-state index contributed by atoms with van der Waals surface area (Å²) in [5.74, 6) is 0.443. The van der Waals surface area contributed by atoms with Gasteiger partial charge in [0.2, 0.25) is 5.91 Å². The Labute approximate surface area is 332 Å². The summed E-state index contributed by atoms with van der Waals surface area (Å²) in [7, 11) is 0. The highest BCUT2D eigenvalue weighted by Crippen LogP contribution is 2.40. The van der Waals surface area contributed by atoms with Crippen LogP contribution in [0.15, 0.2) is 54.7 Å². The SMILES string of the molecule is C/C=C/c1ccc(Cc2cn([C@@H]3O[C@H](CO)[C@@H](O)[C@H](O)[C@H]3O)c3cccc(C)c23)cc1.CCCN1CCCC2(CCN(C(=O)CNC(=O)NCC(C)C)CC2)C1. The standard InChI is InChI=1S/C25H29NO5.C19H36N4O2/c1-3-5-16-8-10-17(11-9-16)12-18-13-26(19-7-4-6-15(2)21(18)19)25-24(30)23(29)22(28)20(14-27)31-25;1-4-9-22-10-5-6-19(15-22)7-11-23(12-8-19)17(24)14-21-18(25)20-13-16(2)3/h3-11,13,20,22-25,27-30H,12,14H2,1-2H3;16H,4-15H2,1-3H3,(H2,20,21,25)/b5-3+;/t20-,22-,23+,24-,25-;/m1./s1. The molecule has 308 valence electrons. The van der Waals surface area contributed by atoms with E-state index in [0.29, 0.717) is 24.3 Å². The lowest BCUT2D eigenvalue weighted by Crippen LogP contribution is -2.56. The smallest absolute Gasteiger partial charge is 0.315 e. The summed E-state index contributed by atoms with van der Waals surface area (Å²) in [6, 6.07) is 14.0. The predicted octanol–water partition coefficient (Wildman–Crippen LogP) is 4.60. The number of ether oxygens (including phenoxy) is 1. The van der Waals surface area contributed by atoms with Crippen LogP contribution in [-0.2, 0) is 16.0 Å². The molecule has 6 rings (SSSR count). The Morgan fingerprint density at radius 1 is 0.982 bits per heavy atom. The molecule has 4 heterocycles. The van der Waals surface area contributed by atoms with Gasteiger partial charge >= 0.3 is 6.03 Å². The number of fused-ring (bicyclic) bond motifs is 1. The Hall–Kier alpha value is -3.78. The lowest BCUT2D eigenvalue weighted by Gasteiger charge is -2.47. The number of benzene rings is 2. The van der Waals surface area contributed by atoms with Crippen molar-refractivity contribution in [1.82, 2.24) is 25.0 Å². The highest BCUT2D eigenvalue weighted by Gasteiger charge is 2.44. The first-order chi connectivity index (χ1) is 26.9. The average molecular weight is 776 g/mol. The topological polar surface area (TPSA) is 160 Å². The average Bonchev–Trinajstić information content (AvgIpc) is 3.55. The minimum Gasteiger partial charge on any atom is -0.394 e. The maximum atomic E-state index is 12.4. The van der Waals surface area contributed by atoms with Crippen molar-refractivity contribution in [1.29, 1.82) is 0 Å². The summed E-state index contributed by atoms with van der Waals surface area (Å²) < 4.78 is 7.62. The molecule has 0 unspecified atom stereocenters. The molecular formula is C44H65N5O7. The molecule has 3 aliphatic rings. The molecule has 1 spiro atoms. The highest BCUT2D eigenvalue weighted by atomic mass is 16.6. The van der Waals surface area contributed by atoms with Crippen LogP contribution in [-0.4, -0.2) is 124 Å². The Kier molecular flexibility index (Phi) is 15.5. The van der Waals surface area contributed by atoms with Crippen LogP contribution < -0.4 is 10.6 Å².